The van der Waals surface area contributed by atoms with Gasteiger partial charge in [0.15, 0.2) is 5.82 Å². The number of hydrogen-bond acceptors (Lipinski definition) is 4. The van der Waals surface area contributed by atoms with E-state index in [4.69, 9.17) is 4.52 Å². The summed E-state index contributed by atoms with van der Waals surface area (Å²) < 4.78 is 5.32. The largest absolute Gasteiger partial charge is 0.339 e. The predicted molar refractivity (Wildman–Crippen MR) is 73.5 cm³/mol. The minimum absolute atomic E-state index is 0.182. The molecule has 18 heavy (non-hydrogen) atoms. The van der Waals surface area contributed by atoms with E-state index in [9.17, 15) is 0 Å². The second-order valence-corrected chi connectivity index (χ2v) is 6.45. The van der Waals surface area contributed by atoms with Crippen molar-refractivity contribution < 1.29 is 4.52 Å². The molecule has 1 aromatic rings. The Bertz CT molecular complexity index is 352. The molecule has 0 aliphatic rings. The highest BCUT2D eigenvalue weighted by atomic mass is 16.5. The van der Waals surface area contributed by atoms with E-state index in [0.29, 0.717) is 12.0 Å². The third kappa shape index (κ3) is 4.77. The zero-order valence-electron chi connectivity index (χ0n) is 12.6. The highest BCUT2D eigenvalue weighted by molar-refractivity contribution is 4.93. The quantitative estimate of drug-likeness (QED) is 0.847. The molecule has 0 saturated heterocycles. The van der Waals surface area contributed by atoms with E-state index in [1.165, 1.54) is 0 Å². The van der Waals surface area contributed by atoms with Crippen LogP contribution in [0.4, 0.5) is 0 Å². The van der Waals surface area contributed by atoms with Gasteiger partial charge in [0.2, 0.25) is 5.89 Å². The fourth-order valence-corrected chi connectivity index (χ4v) is 1.91. The minimum atomic E-state index is 0.182. The molecular formula is C14H27N3O. The van der Waals surface area contributed by atoms with E-state index >= 15 is 0 Å². The number of rotatable bonds is 6. The Morgan fingerprint density at radius 2 is 1.94 bits per heavy atom. The Morgan fingerprint density at radius 3 is 2.44 bits per heavy atom. The average Bonchev–Trinajstić information content (AvgIpc) is 2.69. The molecule has 0 aliphatic heterocycles. The van der Waals surface area contributed by atoms with Gasteiger partial charge in [0, 0.05) is 18.9 Å². The maximum atomic E-state index is 5.32. The maximum absolute atomic E-state index is 5.32. The Morgan fingerprint density at radius 1 is 1.28 bits per heavy atom. The lowest BCUT2D eigenvalue weighted by atomic mass is 9.85. The van der Waals surface area contributed by atoms with Gasteiger partial charge in [-0.05, 0) is 24.8 Å². The summed E-state index contributed by atoms with van der Waals surface area (Å²) in [7, 11) is 1.98. The third-order valence-electron chi connectivity index (χ3n) is 3.23. The average molecular weight is 253 g/mol. The molecule has 0 amide bonds. The maximum Gasteiger partial charge on any atom is 0.228 e. The van der Waals surface area contributed by atoms with Gasteiger partial charge in [0.1, 0.15) is 0 Å². The zero-order chi connectivity index (χ0) is 13.8. The smallest absolute Gasteiger partial charge is 0.228 e. The standard InChI is InChI=1S/C14H27N3O/c1-10(2)7-8-12-16-13(18-17-12)9-11(15-6)14(3,4)5/h10-11,15H,7-9H2,1-6H3. The number of aromatic nitrogens is 2. The van der Waals surface area contributed by atoms with Crippen LogP contribution in [0.5, 0.6) is 0 Å². The van der Waals surface area contributed by atoms with E-state index in [2.05, 4.69) is 50.1 Å². The molecule has 0 aliphatic carbocycles. The van der Waals surface area contributed by atoms with Crippen LogP contribution in [0.25, 0.3) is 0 Å². The van der Waals surface area contributed by atoms with Crippen LogP contribution in [0.3, 0.4) is 0 Å². The van der Waals surface area contributed by atoms with E-state index < -0.39 is 0 Å². The normalized spacial score (nSPS) is 14.2. The highest BCUT2D eigenvalue weighted by Crippen LogP contribution is 2.21. The van der Waals surface area contributed by atoms with Crippen LogP contribution in [0.2, 0.25) is 0 Å². The molecule has 0 aromatic carbocycles. The lowest BCUT2D eigenvalue weighted by molar-refractivity contribution is 0.255. The molecule has 0 radical (unpaired) electrons. The number of aryl methyl sites for hydroxylation is 1. The number of hydrogen-bond donors (Lipinski definition) is 1. The van der Waals surface area contributed by atoms with Crippen LogP contribution < -0.4 is 5.32 Å². The second kappa shape index (κ2) is 6.32. The van der Waals surface area contributed by atoms with Gasteiger partial charge >= 0.3 is 0 Å². The van der Waals surface area contributed by atoms with Gasteiger partial charge in [0.25, 0.3) is 0 Å². The Kier molecular flexibility index (Phi) is 5.32. The number of nitrogens with one attached hydrogen (secondary N) is 1. The summed E-state index contributed by atoms with van der Waals surface area (Å²) in [5, 5.41) is 7.37. The van der Waals surface area contributed by atoms with Crippen molar-refractivity contribution in [3.8, 4) is 0 Å². The Balaban J connectivity index is 2.57. The van der Waals surface area contributed by atoms with Crippen molar-refractivity contribution in [3.63, 3.8) is 0 Å². The second-order valence-electron chi connectivity index (χ2n) is 6.45. The monoisotopic (exact) mass is 253 g/mol. The molecule has 0 fully saturated rings. The van der Waals surface area contributed by atoms with Gasteiger partial charge in [-0.2, -0.15) is 4.98 Å². The van der Waals surface area contributed by atoms with Crippen LogP contribution in [0.1, 0.15) is 52.8 Å². The zero-order valence-corrected chi connectivity index (χ0v) is 12.6. The van der Waals surface area contributed by atoms with Crippen LogP contribution in [-0.2, 0) is 12.8 Å². The summed E-state index contributed by atoms with van der Waals surface area (Å²) in [6.07, 6.45) is 2.79. The van der Waals surface area contributed by atoms with Crippen LogP contribution in [-0.4, -0.2) is 23.2 Å². The summed E-state index contributed by atoms with van der Waals surface area (Å²) in [5.41, 5.74) is 0.182. The van der Waals surface area contributed by atoms with Gasteiger partial charge in [0.05, 0.1) is 0 Å². The van der Waals surface area contributed by atoms with Crippen LogP contribution in [0, 0.1) is 11.3 Å². The molecule has 1 N–H and O–H groups in total. The van der Waals surface area contributed by atoms with Gasteiger partial charge in [-0.15, -0.1) is 0 Å². The molecule has 1 heterocycles. The summed E-state index contributed by atoms with van der Waals surface area (Å²) >= 11 is 0. The molecule has 104 valence electrons. The molecular weight excluding hydrogens is 226 g/mol. The molecule has 4 nitrogen and oxygen atoms in total. The van der Waals surface area contributed by atoms with Gasteiger partial charge in [-0.1, -0.05) is 39.8 Å². The minimum Gasteiger partial charge on any atom is -0.339 e. The van der Waals surface area contributed by atoms with Gasteiger partial charge in [-0.25, -0.2) is 0 Å². The lowest BCUT2D eigenvalue weighted by Gasteiger charge is -2.29. The highest BCUT2D eigenvalue weighted by Gasteiger charge is 2.25. The first kappa shape index (κ1) is 15.2. The fourth-order valence-electron chi connectivity index (χ4n) is 1.91. The van der Waals surface area contributed by atoms with Crippen molar-refractivity contribution in [1.82, 2.24) is 15.5 Å². The molecule has 1 aromatic heterocycles. The number of likely N-dealkylation sites (N-methyl/N-ethyl adjacent to an activating group) is 1. The summed E-state index contributed by atoms with van der Waals surface area (Å²) in [6, 6.07) is 0.343. The SMILES string of the molecule is CNC(Cc1nc(CCC(C)C)no1)C(C)(C)C. The van der Waals surface area contributed by atoms with Gasteiger partial charge < -0.3 is 9.84 Å². The van der Waals surface area contributed by atoms with Gasteiger partial charge in [-0.3, -0.25) is 0 Å². The van der Waals surface area contributed by atoms with Crippen molar-refractivity contribution in [2.75, 3.05) is 7.05 Å². The molecule has 0 spiro atoms. The summed E-state index contributed by atoms with van der Waals surface area (Å²) in [4.78, 5) is 4.47. The van der Waals surface area contributed by atoms with Crippen molar-refractivity contribution in [2.24, 2.45) is 11.3 Å². The van der Waals surface area contributed by atoms with Crippen molar-refractivity contribution in [1.29, 1.82) is 0 Å². The van der Waals surface area contributed by atoms with E-state index in [-0.39, 0.29) is 5.41 Å². The summed E-state index contributed by atoms with van der Waals surface area (Å²) in [5.74, 6) is 2.25. The Labute approximate surface area is 111 Å². The molecule has 4 heteroatoms. The summed E-state index contributed by atoms with van der Waals surface area (Å²) in [6.45, 7) is 11.0. The van der Waals surface area contributed by atoms with Crippen LogP contribution >= 0.6 is 0 Å². The molecule has 0 saturated carbocycles. The first-order valence-electron chi connectivity index (χ1n) is 6.81. The topological polar surface area (TPSA) is 51.0 Å². The van der Waals surface area contributed by atoms with Crippen molar-refractivity contribution in [2.45, 2.75) is 59.9 Å². The first-order valence-corrected chi connectivity index (χ1v) is 6.81. The van der Waals surface area contributed by atoms with E-state index in [1.807, 2.05) is 7.05 Å². The predicted octanol–water partition coefficient (Wildman–Crippen LogP) is 2.83. The molecule has 1 unspecified atom stereocenters. The third-order valence-corrected chi connectivity index (χ3v) is 3.23. The van der Waals surface area contributed by atoms with E-state index in [1.54, 1.807) is 0 Å². The van der Waals surface area contributed by atoms with Crippen LogP contribution in [0.15, 0.2) is 4.52 Å². The molecule has 1 rings (SSSR count). The lowest BCUT2D eigenvalue weighted by Crippen LogP contribution is -2.39. The number of nitrogens with zero attached hydrogens (tertiary/aromatic N) is 2. The molecule has 0 bridgehead atoms. The molecule has 1 atom stereocenters. The van der Waals surface area contributed by atoms with Crippen molar-refractivity contribution in [3.05, 3.63) is 11.7 Å². The van der Waals surface area contributed by atoms with E-state index in [0.717, 1.165) is 31.0 Å². The van der Waals surface area contributed by atoms with Crippen molar-refractivity contribution >= 4 is 0 Å². The fraction of sp³-hybridized carbons (Fsp3) is 0.857. The first-order chi connectivity index (χ1) is 8.32. The Hall–Kier alpha value is -0.900.